The summed E-state index contributed by atoms with van der Waals surface area (Å²) in [5.41, 5.74) is 0. The van der Waals surface area contributed by atoms with Crippen LogP contribution in [0.4, 0.5) is 0 Å². The van der Waals surface area contributed by atoms with E-state index >= 15 is 0 Å². The van der Waals surface area contributed by atoms with Gasteiger partial charge in [-0.15, -0.1) is 0 Å². The van der Waals surface area contributed by atoms with Gasteiger partial charge in [0.15, 0.2) is 12.4 Å². The second-order valence-corrected chi connectivity index (χ2v) is 4.25. The SMILES string of the molecule is CCCCN(CCCC)CCCC.N#CNC#N. The third-order valence-electron chi connectivity index (χ3n) is 2.60. The minimum Gasteiger partial charge on any atom is -0.303 e. The molecule has 4 heteroatoms. The first kappa shape index (κ1) is 19.1. The maximum absolute atomic E-state index is 7.48. The van der Waals surface area contributed by atoms with Crippen LogP contribution in [0.15, 0.2) is 0 Å². The van der Waals surface area contributed by atoms with Crippen molar-refractivity contribution < 1.29 is 0 Å². The van der Waals surface area contributed by atoms with E-state index in [0.29, 0.717) is 0 Å². The minimum atomic E-state index is 1.32. The van der Waals surface area contributed by atoms with Gasteiger partial charge in [-0.05, 0) is 38.9 Å². The molecule has 0 aliphatic carbocycles. The topological polar surface area (TPSA) is 62.9 Å². The Hall–Kier alpha value is -1.26. The standard InChI is InChI=1S/C12H27N.C2HN3/c1-4-7-10-13(11-8-5-2)12-9-6-3;3-1-5-2-4/h4-12H2,1-3H3;5H. The summed E-state index contributed by atoms with van der Waals surface area (Å²) in [4.78, 5) is 2.64. The van der Waals surface area contributed by atoms with E-state index in [2.05, 4.69) is 25.7 Å². The summed E-state index contributed by atoms with van der Waals surface area (Å²) in [7, 11) is 0. The molecule has 0 atom stereocenters. The van der Waals surface area contributed by atoms with Gasteiger partial charge in [0.25, 0.3) is 0 Å². The molecule has 0 aliphatic heterocycles. The van der Waals surface area contributed by atoms with Gasteiger partial charge in [0.2, 0.25) is 0 Å². The van der Waals surface area contributed by atoms with Crippen LogP contribution < -0.4 is 5.32 Å². The molecule has 0 saturated carbocycles. The van der Waals surface area contributed by atoms with Crippen LogP contribution in [0.25, 0.3) is 0 Å². The fourth-order valence-corrected chi connectivity index (χ4v) is 1.51. The number of nitrogens with one attached hydrogen (secondary N) is 1. The van der Waals surface area contributed by atoms with Gasteiger partial charge in [-0.2, -0.15) is 10.5 Å². The monoisotopic (exact) mass is 252 g/mol. The van der Waals surface area contributed by atoms with Gasteiger partial charge in [0.05, 0.1) is 0 Å². The molecule has 0 bridgehead atoms. The predicted molar refractivity (Wildman–Crippen MR) is 75.5 cm³/mol. The zero-order chi connectivity index (χ0) is 14.1. The molecule has 0 rings (SSSR count). The van der Waals surface area contributed by atoms with E-state index < -0.39 is 0 Å². The third kappa shape index (κ3) is 17.1. The van der Waals surface area contributed by atoms with Crippen LogP contribution in [0.3, 0.4) is 0 Å². The Balaban J connectivity index is 0. The average molecular weight is 252 g/mol. The lowest BCUT2D eigenvalue weighted by atomic mass is 10.2. The molecule has 0 unspecified atom stereocenters. The number of rotatable bonds is 9. The van der Waals surface area contributed by atoms with Crippen LogP contribution in [-0.2, 0) is 0 Å². The highest BCUT2D eigenvalue weighted by molar-refractivity contribution is 4.77. The van der Waals surface area contributed by atoms with Gasteiger partial charge in [0, 0.05) is 0 Å². The molecule has 0 aliphatic rings. The molecular formula is C14H28N4. The molecule has 0 aromatic carbocycles. The van der Waals surface area contributed by atoms with Crippen LogP contribution in [0, 0.1) is 22.9 Å². The van der Waals surface area contributed by atoms with Gasteiger partial charge in [-0.3, -0.25) is 0 Å². The lowest BCUT2D eigenvalue weighted by Crippen LogP contribution is -2.27. The summed E-state index contributed by atoms with van der Waals surface area (Å²) in [5, 5.41) is 16.7. The van der Waals surface area contributed by atoms with Crippen LogP contribution in [0.5, 0.6) is 0 Å². The van der Waals surface area contributed by atoms with E-state index in [0.717, 1.165) is 0 Å². The second-order valence-electron chi connectivity index (χ2n) is 4.25. The molecule has 0 amide bonds. The first-order chi connectivity index (χ1) is 8.76. The Morgan fingerprint density at radius 1 is 0.778 bits per heavy atom. The lowest BCUT2D eigenvalue weighted by molar-refractivity contribution is 0.261. The lowest BCUT2D eigenvalue weighted by Gasteiger charge is -2.21. The average Bonchev–Trinajstić information content (AvgIpc) is 2.39. The van der Waals surface area contributed by atoms with Crippen molar-refractivity contribution in [2.45, 2.75) is 59.3 Å². The predicted octanol–water partition coefficient (Wildman–Crippen LogP) is 3.23. The highest BCUT2D eigenvalue weighted by atomic mass is 15.1. The molecule has 0 fully saturated rings. The molecule has 4 nitrogen and oxygen atoms in total. The molecule has 18 heavy (non-hydrogen) atoms. The Morgan fingerprint density at radius 3 is 1.28 bits per heavy atom. The Kier molecular flexibility index (Phi) is 19.2. The van der Waals surface area contributed by atoms with Gasteiger partial charge in [0.1, 0.15) is 0 Å². The fraction of sp³-hybridized carbons (Fsp3) is 0.857. The summed E-state index contributed by atoms with van der Waals surface area (Å²) in [6, 6.07) is 0. The molecule has 1 N–H and O–H groups in total. The van der Waals surface area contributed by atoms with Crippen LogP contribution in [-0.4, -0.2) is 24.5 Å². The highest BCUT2D eigenvalue weighted by Crippen LogP contribution is 2.01. The van der Waals surface area contributed by atoms with Crippen LogP contribution in [0.1, 0.15) is 59.3 Å². The summed E-state index contributed by atoms with van der Waals surface area (Å²) in [6.07, 6.45) is 10.9. The first-order valence-corrected chi connectivity index (χ1v) is 7.02. The van der Waals surface area contributed by atoms with Gasteiger partial charge < -0.3 is 4.90 Å². The van der Waals surface area contributed by atoms with E-state index in [1.807, 2.05) is 0 Å². The van der Waals surface area contributed by atoms with E-state index in [-0.39, 0.29) is 0 Å². The van der Waals surface area contributed by atoms with Gasteiger partial charge in [-0.1, -0.05) is 40.0 Å². The zero-order valence-electron chi connectivity index (χ0n) is 12.2. The van der Waals surface area contributed by atoms with Crippen molar-refractivity contribution in [2.75, 3.05) is 19.6 Å². The summed E-state index contributed by atoms with van der Waals surface area (Å²) >= 11 is 0. The maximum atomic E-state index is 7.48. The summed E-state index contributed by atoms with van der Waals surface area (Å²) in [6.45, 7) is 10.8. The number of unbranched alkanes of at least 4 members (excludes halogenated alkanes) is 3. The van der Waals surface area contributed by atoms with E-state index in [1.54, 1.807) is 5.32 Å². The zero-order valence-corrected chi connectivity index (χ0v) is 12.2. The molecule has 0 spiro atoms. The Bertz CT molecular complexity index is 196. The quantitative estimate of drug-likeness (QED) is 0.505. The van der Waals surface area contributed by atoms with Crippen molar-refractivity contribution in [3.8, 4) is 12.4 Å². The number of hydrogen-bond acceptors (Lipinski definition) is 4. The number of nitrogens with zero attached hydrogens (tertiary/aromatic N) is 3. The Morgan fingerprint density at radius 2 is 1.11 bits per heavy atom. The van der Waals surface area contributed by atoms with Gasteiger partial charge in [-0.25, -0.2) is 5.32 Å². The smallest absolute Gasteiger partial charge is 0.190 e. The highest BCUT2D eigenvalue weighted by Gasteiger charge is 2.01. The summed E-state index contributed by atoms with van der Waals surface area (Å²) in [5.74, 6) is 0. The second kappa shape index (κ2) is 18.1. The fourth-order valence-electron chi connectivity index (χ4n) is 1.51. The van der Waals surface area contributed by atoms with Crippen LogP contribution >= 0.6 is 0 Å². The van der Waals surface area contributed by atoms with E-state index in [1.165, 1.54) is 70.5 Å². The van der Waals surface area contributed by atoms with Crippen molar-refractivity contribution in [3.05, 3.63) is 0 Å². The Labute approximate surface area is 113 Å². The van der Waals surface area contributed by atoms with Crippen molar-refractivity contribution in [2.24, 2.45) is 0 Å². The van der Waals surface area contributed by atoms with E-state index in [4.69, 9.17) is 10.5 Å². The maximum Gasteiger partial charge on any atom is 0.190 e. The molecule has 0 heterocycles. The molecule has 0 aromatic rings. The number of hydrogen-bond donors (Lipinski definition) is 1. The van der Waals surface area contributed by atoms with Crippen molar-refractivity contribution >= 4 is 0 Å². The molecular weight excluding hydrogens is 224 g/mol. The van der Waals surface area contributed by atoms with Crippen LogP contribution in [0.2, 0.25) is 0 Å². The van der Waals surface area contributed by atoms with Crippen molar-refractivity contribution in [1.29, 1.82) is 10.5 Å². The first-order valence-electron chi connectivity index (χ1n) is 7.02. The molecule has 0 saturated heterocycles. The van der Waals surface area contributed by atoms with E-state index in [9.17, 15) is 0 Å². The minimum absolute atomic E-state index is 1.32. The van der Waals surface area contributed by atoms with Gasteiger partial charge >= 0.3 is 0 Å². The largest absolute Gasteiger partial charge is 0.303 e. The molecule has 104 valence electrons. The molecule has 0 aromatic heterocycles. The number of nitriles is 2. The third-order valence-corrected chi connectivity index (χ3v) is 2.60. The van der Waals surface area contributed by atoms with Crippen molar-refractivity contribution in [1.82, 2.24) is 10.2 Å². The summed E-state index contributed by atoms with van der Waals surface area (Å²) < 4.78 is 0. The normalized spacial score (nSPS) is 9.00. The van der Waals surface area contributed by atoms with Crippen molar-refractivity contribution in [3.63, 3.8) is 0 Å². The molecule has 0 radical (unpaired) electrons.